The van der Waals surface area contributed by atoms with Crippen molar-refractivity contribution in [2.45, 2.75) is 19.2 Å². The molecule has 0 radical (unpaired) electrons. The number of ether oxygens (including phenoxy) is 1. The lowest BCUT2D eigenvalue weighted by Gasteiger charge is -2.11. The molecule has 0 spiro atoms. The molecule has 100 valence electrons. The first-order valence-electron chi connectivity index (χ1n) is 4.75. The van der Waals surface area contributed by atoms with Gasteiger partial charge in [0.15, 0.2) is 0 Å². The minimum atomic E-state index is -4.80. The van der Waals surface area contributed by atoms with Crippen molar-refractivity contribution in [2.75, 3.05) is 0 Å². The second-order valence-electron chi connectivity index (χ2n) is 3.30. The molecule has 0 aliphatic carbocycles. The fraction of sp³-hybridized carbons (Fsp3) is 0.300. The molecule has 0 heterocycles. The van der Waals surface area contributed by atoms with Gasteiger partial charge in [-0.2, -0.15) is 5.90 Å². The van der Waals surface area contributed by atoms with Gasteiger partial charge in [-0.25, -0.2) is 0 Å². The number of carbonyl (C=O) groups is 1. The molecule has 0 saturated carbocycles. The first-order valence-corrected chi connectivity index (χ1v) is 5.13. The highest BCUT2D eigenvalue weighted by Gasteiger charge is 2.31. The van der Waals surface area contributed by atoms with Crippen LogP contribution in [0, 0.1) is 0 Å². The Bertz CT molecular complexity index is 437. The molecule has 0 bridgehead atoms. The third-order valence-corrected chi connectivity index (χ3v) is 2.27. The topological polar surface area (TPSA) is 61.5 Å². The lowest BCUT2D eigenvalue weighted by molar-refractivity contribution is -0.274. The average molecular weight is 284 g/mol. The molecule has 0 fully saturated rings. The Hall–Kier alpha value is -1.47. The molecule has 1 aromatic rings. The molecule has 1 rings (SSSR count). The highest BCUT2D eigenvalue weighted by molar-refractivity contribution is 6.32. The summed E-state index contributed by atoms with van der Waals surface area (Å²) >= 11 is 5.62. The van der Waals surface area contributed by atoms with Gasteiger partial charge >= 0.3 is 12.3 Å². The van der Waals surface area contributed by atoms with Gasteiger partial charge in [0.05, 0.1) is 11.4 Å². The van der Waals surface area contributed by atoms with Crippen molar-refractivity contribution in [3.8, 4) is 5.75 Å². The summed E-state index contributed by atoms with van der Waals surface area (Å²) in [6.45, 7) is 0. The maximum absolute atomic E-state index is 12.0. The van der Waals surface area contributed by atoms with E-state index in [-0.39, 0.29) is 17.9 Å². The molecule has 0 atom stereocenters. The molecule has 0 aromatic heterocycles. The van der Waals surface area contributed by atoms with Gasteiger partial charge in [0.25, 0.3) is 0 Å². The minimum Gasteiger partial charge on any atom is -0.404 e. The van der Waals surface area contributed by atoms with E-state index in [1.54, 1.807) is 0 Å². The molecule has 0 amide bonds. The number of carbonyl (C=O) groups excluding carboxylic acids is 1. The van der Waals surface area contributed by atoms with Crippen LogP contribution < -0.4 is 10.6 Å². The Morgan fingerprint density at radius 2 is 2.06 bits per heavy atom. The zero-order valence-electron chi connectivity index (χ0n) is 8.96. The fourth-order valence-electron chi connectivity index (χ4n) is 1.21. The molecular weight excluding hydrogens is 275 g/mol. The van der Waals surface area contributed by atoms with Crippen LogP contribution in [0.1, 0.15) is 12.0 Å². The third kappa shape index (κ3) is 4.80. The van der Waals surface area contributed by atoms with Crippen molar-refractivity contribution in [3.63, 3.8) is 0 Å². The van der Waals surface area contributed by atoms with Gasteiger partial charge < -0.3 is 9.57 Å². The number of halogens is 4. The summed E-state index contributed by atoms with van der Waals surface area (Å²) in [4.78, 5) is 14.7. The van der Waals surface area contributed by atoms with Crippen LogP contribution in [0.2, 0.25) is 5.02 Å². The normalized spacial score (nSPS) is 11.2. The summed E-state index contributed by atoms with van der Waals surface area (Å²) in [5.74, 6) is 3.52. The van der Waals surface area contributed by atoms with Gasteiger partial charge in [0, 0.05) is 0 Å². The molecule has 1 aromatic carbocycles. The molecule has 0 aliphatic rings. The van der Waals surface area contributed by atoms with Crippen molar-refractivity contribution in [1.29, 1.82) is 0 Å². The predicted molar refractivity (Wildman–Crippen MR) is 56.7 cm³/mol. The summed E-state index contributed by atoms with van der Waals surface area (Å²) in [6.07, 6.45) is -4.54. The number of aryl methyl sites for hydroxylation is 1. The van der Waals surface area contributed by atoms with Crippen LogP contribution in [0.25, 0.3) is 0 Å². The zero-order chi connectivity index (χ0) is 13.8. The van der Waals surface area contributed by atoms with Crippen LogP contribution in [0.4, 0.5) is 13.2 Å². The molecular formula is C10H9ClF3NO3. The molecule has 8 heteroatoms. The van der Waals surface area contributed by atoms with Gasteiger partial charge in [0.2, 0.25) is 0 Å². The maximum Gasteiger partial charge on any atom is 0.573 e. The summed E-state index contributed by atoms with van der Waals surface area (Å²) in [5.41, 5.74) is 0.569. The fourth-order valence-corrected chi connectivity index (χ4v) is 1.45. The number of hydrogen-bond donors (Lipinski definition) is 1. The zero-order valence-corrected chi connectivity index (χ0v) is 9.72. The predicted octanol–water partition coefficient (Wildman–Crippen LogP) is 2.59. The van der Waals surface area contributed by atoms with E-state index in [1.165, 1.54) is 12.1 Å². The standard InChI is InChI=1S/C10H9ClF3NO3/c11-7-5-6(2-4-9(16)18-15)1-3-8(7)17-10(12,13)14/h1,3,5H,2,4,15H2. The second-order valence-corrected chi connectivity index (χ2v) is 3.71. The van der Waals surface area contributed by atoms with Crippen LogP contribution in [0.15, 0.2) is 18.2 Å². The van der Waals surface area contributed by atoms with Gasteiger partial charge in [-0.1, -0.05) is 17.7 Å². The highest BCUT2D eigenvalue weighted by atomic mass is 35.5. The Kier molecular flexibility index (Phi) is 4.80. The van der Waals surface area contributed by atoms with E-state index in [0.29, 0.717) is 5.56 Å². The average Bonchev–Trinajstić information content (AvgIpc) is 2.27. The van der Waals surface area contributed by atoms with E-state index in [2.05, 4.69) is 15.5 Å². The molecule has 18 heavy (non-hydrogen) atoms. The first-order chi connectivity index (χ1) is 8.31. The third-order valence-electron chi connectivity index (χ3n) is 1.97. The summed E-state index contributed by atoms with van der Waals surface area (Å²) in [5, 5.41) is -0.189. The number of rotatable bonds is 4. The molecule has 0 aliphatic heterocycles. The van der Waals surface area contributed by atoms with Crippen molar-refractivity contribution in [2.24, 2.45) is 5.90 Å². The van der Waals surface area contributed by atoms with Gasteiger partial charge in [-0.05, 0) is 24.1 Å². The van der Waals surface area contributed by atoms with Crippen LogP contribution in [0.5, 0.6) is 5.75 Å². The molecule has 0 unspecified atom stereocenters. The Morgan fingerprint density at radius 1 is 1.39 bits per heavy atom. The lowest BCUT2D eigenvalue weighted by atomic mass is 10.1. The van der Waals surface area contributed by atoms with Crippen LogP contribution in [-0.4, -0.2) is 12.3 Å². The lowest BCUT2D eigenvalue weighted by Crippen LogP contribution is -2.17. The van der Waals surface area contributed by atoms with Gasteiger partial charge in [-0.3, -0.25) is 4.79 Å². The van der Waals surface area contributed by atoms with Crippen LogP contribution >= 0.6 is 11.6 Å². The number of alkyl halides is 3. The summed E-state index contributed by atoms with van der Waals surface area (Å²) < 4.78 is 39.6. The number of benzene rings is 1. The largest absolute Gasteiger partial charge is 0.573 e. The Morgan fingerprint density at radius 3 is 2.56 bits per heavy atom. The number of nitrogens with two attached hydrogens (primary N) is 1. The smallest absolute Gasteiger partial charge is 0.404 e. The summed E-state index contributed by atoms with van der Waals surface area (Å²) in [7, 11) is 0. The summed E-state index contributed by atoms with van der Waals surface area (Å²) in [6, 6.07) is 3.74. The van der Waals surface area contributed by atoms with Crippen molar-refractivity contribution < 1.29 is 27.5 Å². The van der Waals surface area contributed by atoms with E-state index in [0.717, 1.165) is 6.07 Å². The quantitative estimate of drug-likeness (QED) is 0.863. The first kappa shape index (κ1) is 14.6. The second kappa shape index (κ2) is 5.92. The van der Waals surface area contributed by atoms with Crippen molar-refractivity contribution in [3.05, 3.63) is 28.8 Å². The van der Waals surface area contributed by atoms with Gasteiger partial charge in [0.1, 0.15) is 5.75 Å². The maximum atomic E-state index is 12.0. The highest BCUT2D eigenvalue weighted by Crippen LogP contribution is 2.30. The van der Waals surface area contributed by atoms with Crippen molar-refractivity contribution >= 4 is 17.6 Å². The van der Waals surface area contributed by atoms with E-state index in [9.17, 15) is 18.0 Å². The number of hydrogen-bond acceptors (Lipinski definition) is 4. The Labute approximate surface area is 105 Å². The van der Waals surface area contributed by atoms with E-state index >= 15 is 0 Å². The molecule has 2 N–H and O–H groups in total. The van der Waals surface area contributed by atoms with Gasteiger partial charge in [-0.15, -0.1) is 13.2 Å². The Balaban J connectivity index is 2.70. The van der Waals surface area contributed by atoms with E-state index < -0.39 is 18.1 Å². The monoisotopic (exact) mass is 283 g/mol. The van der Waals surface area contributed by atoms with Crippen LogP contribution in [-0.2, 0) is 16.1 Å². The minimum absolute atomic E-state index is 0.00625. The van der Waals surface area contributed by atoms with E-state index in [4.69, 9.17) is 11.6 Å². The molecule has 0 saturated heterocycles. The SMILES string of the molecule is NOC(=O)CCc1ccc(OC(F)(F)F)c(Cl)c1. The van der Waals surface area contributed by atoms with Crippen molar-refractivity contribution in [1.82, 2.24) is 0 Å². The van der Waals surface area contributed by atoms with E-state index in [1.807, 2.05) is 0 Å². The van der Waals surface area contributed by atoms with Crippen LogP contribution in [0.3, 0.4) is 0 Å². The molecule has 4 nitrogen and oxygen atoms in total.